The highest BCUT2D eigenvalue weighted by atomic mass is 16.6. The fourth-order valence-electron chi connectivity index (χ4n) is 3.38. The maximum absolute atomic E-state index is 12.2. The lowest BCUT2D eigenvalue weighted by molar-refractivity contribution is -0.136. The van der Waals surface area contributed by atoms with Crippen molar-refractivity contribution >= 4 is 5.97 Å². The Kier molecular flexibility index (Phi) is 5.73. The Labute approximate surface area is 184 Å². The first-order valence-corrected chi connectivity index (χ1v) is 9.74. The van der Waals surface area contributed by atoms with E-state index in [-0.39, 0.29) is 23.8 Å². The first-order chi connectivity index (χ1) is 15.5. The Bertz CT molecular complexity index is 1220. The van der Waals surface area contributed by atoms with Crippen molar-refractivity contribution in [2.75, 3.05) is 13.7 Å². The molecule has 2 N–H and O–H groups in total. The average Bonchev–Trinajstić information content (AvgIpc) is 3.22. The van der Waals surface area contributed by atoms with Crippen molar-refractivity contribution in [1.82, 2.24) is 0 Å². The van der Waals surface area contributed by atoms with E-state index in [4.69, 9.17) is 29.1 Å². The van der Waals surface area contributed by atoms with E-state index >= 15 is 0 Å². The summed E-state index contributed by atoms with van der Waals surface area (Å²) in [5.74, 6) is 1.99. The number of ether oxygens (including phenoxy) is 4. The molecule has 162 valence electrons. The van der Waals surface area contributed by atoms with Crippen LogP contribution in [0.5, 0.6) is 23.0 Å². The number of furan rings is 1. The van der Waals surface area contributed by atoms with Crippen molar-refractivity contribution in [2.45, 2.75) is 12.8 Å². The number of nitriles is 1. The molecule has 0 aliphatic carbocycles. The summed E-state index contributed by atoms with van der Waals surface area (Å²) < 4.78 is 27.3. The maximum Gasteiger partial charge on any atom is 0.349 e. The summed E-state index contributed by atoms with van der Waals surface area (Å²) in [6, 6.07) is 17.4. The number of carbonyl (C=O) groups is 1. The van der Waals surface area contributed by atoms with Crippen LogP contribution in [-0.4, -0.2) is 19.7 Å². The molecular formula is C24H20N2O6. The molecule has 1 aliphatic rings. The number of methoxy groups -OCH3 is 1. The third-order valence-electron chi connectivity index (χ3n) is 4.88. The predicted molar refractivity (Wildman–Crippen MR) is 113 cm³/mol. The van der Waals surface area contributed by atoms with Gasteiger partial charge >= 0.3 is 5.97 Å². The van der Waals surface area contributed by atoms with Crippen LogP contribution in [0.2, 0.25) is 0 Å². The molecule has 8 nitrogen and oxygen atoms in total. The molecule has 0 bridgehead atoms. The Morgan fingerprint density at radius 1 is 1.09 bits per heavy atom. The number of benzene rings is 2. The zero-order valence-corrected chi connectivity index (χ0v) is 17.5. The molecule has 1 aliphatic heterocycles. The van der Waals surface area contributed by atoms with Crippen LogP contribution >= 0.6 is 0 Å². The van der Waals surface area contributed by atoms with E-state index < -0.39 is 11.9 Å². The number of allylic oxidation sites excluding steroid dienone is 1. The van der Waals surface area contributed by atoms with Crippen molar-refractivity contribution in [3.8, 4) is 29.1 Å². The number of nitrogens with two attached hydrogens (primary N) is 1. The normalized spacial score (nSPS) is 14.7. The van der Waals surface area contributed by atoms with Crippen molar-refractivity contribution in [1.29, 1.82) is 5.26 Å². The third kappa shape index (κ3) is 4.23. The molecule has 2 heterocycles. The molecule has 3 aromatic rings. The van der Waals surface area contributed by atoms with E-state index in [1.165, 1.54) is 0 Å². The van der Waals surface area contributed by atoms with Crippen LogP contribution in [-0.2, 0) is 4.79 Å². The number of rotatable bonds is 6. The van der Waals surface area contributed by atoms with Crippen LogP contribution in [0.15, 0.2) is 70.5 Å². The first kappa shape index (κ1) is 20.9. The number of nitrogens with zero attached hydrogens (tertiary/aromatic N) is 1. The topological polar surface area (TPSA) is 117 Å². The fraction of sp³-hybridized carbons (Fsp3) is 0.167. The fourth-order valence-corrected chi connectivity index (χ4v) is 3.38. The Hall–Kier alpha value is -4.38. The second-order valence-corrected chi connectivity index (χ2v) is 7.01. The number of fused-ring (bicyclic) bond motifs is 1. The average molecular weight is 432 g/mol. The number of esters is 1. The number of hydrogen-bond donors (Lipinski definition) is 1. The van der Waals surface area contributed by atoms with Crippen molar-refractivity contribution in [3.63, 3.8) is 0 Å². The number of hydrogen-bond acceptors (Lipinski definition) is 8. The minimum Gasteiger partial charge on any atom is -0.497 e. The first-order valence-electron chi connectivity index (χ1n) is 9.74. The standard InChI is InChI=1S/C24H20N2O6/c1-14-3-10-20(30-14)23-18-9-8-17(11-21(18)32-24(26)19(23)12-25)31-22(27)13-29-16-6-4-15(28-2)5-7-16/h3-11,23H,13,26H2,1-2H3. The summed E-state index contributed by atoms with van der Waals surface area (Å²) in [7, 11) is 1.57. The van der Waals surface area contributed by atoms with E-state index in [0.717, 1.165) is 0 Å². The second kappa shape index (κ2) is 8.78. The van der Waals surface area contributed by atoms with Gasteiger partial charge in [-0.2, -0.15) is 5.26 Å². The Balaban J connectivity index is 1.49. The summed E-state index contributed by atoms with van der Waals surface area (Å²) in [5, 5.41) is 9.58. The van der Waals surface area contributed by atoms with E-state index in [9.17, 15) is 10.1 Å². The van der Waals surface area contributed by atoms with Gasteiger partial charge in [-0.05, 0) is 49.4 Å². The van der Waals surface area contributed by atoms with Gasteiger partial charge in [0.2, 0.25) is 5.88 Å². The highest BCUT2D eigenvalue weighted by Gasteiger charge is 2.33. The van der Waals surface area contributed by atoms with E-state index in [1.807, 2.05) is 13.0 Å². The van der Waals surface area contributed by atoms with Gasteiger partial charge in [-0.1, -0.05) is 6.07 Å². The lowest BCUT2D eigenvalue weighted by atomic mass is 9.87. The molecule has 0 spiro atoms. The molecule has 0 fully saturated rings. The van der Waals surface area contributed by atoms with Crippen LogP contribution in [0.25, 0.3) is 0 Å². The van der Waals surface area contributed by atoms with E-state index in [2.05, 4.69) is 6.07 Å². The molecule has 0 saturated carbocycles. The van der Waals surface area contributed by atoms with Crippen LogP contribution < -0.4 is 24.7 Å². The van der Waals surface area contributed by atoms with Crippen LogP contribution in [0.3, 0.4) is 0 Å². The van der Waals surface area contributed by atoms with Gasteiger partial charge in [0.1, 0.15) is 46.2 Å². The molecule has 32 heavy (non-hydrogen) atoms. The smallest absolute Gasteiger partial charge is 0.349 e. The van der Waals surface area contributed by atoms with E-state index in [1.54, 1.807) is 55.6 Å². The molecular weight excluding hydrogens is 412 g/mol. The third-order valence-corrected chi connectivity index (χ3v) is 4.88. The molecule has 1 atom stereocenters. The summed E-state index contributed by atoms with van der Waals surface area (Å²) in [6.45, 7) is 1.54. The minimum atomic E-state index is -0.587. The molecule has 4 rings (SSSR count). The molecule has 2 aromatic carbocycles. The molecule has 1 unspecified atom stereocenters. The largest absolute Gasteiger partial charge is 0.497 e. The molecule has 8 heteroatoms. The monoisotopic (exact) mass is 432 g/mol. The van der Waals surface area contributed by atoms with Gasteiger partial charge in [0, 0.05) is 11.6 Å². The lowest BCUT2D eigenvalue weighted by Gasteiger charge is -2.25. The van der Waals surface area contributed by atoms with Crippen molar-refractivity contribution in [2.24, 2.45) is 5.73 Å². The second-order valence-electron chi connectivity index (χ2n) is 7.01. The van der Waals surface area contributed by atoms with Gasteiger partial charge in [0.05, 0.1) is 13.0 Å². The quantitative estimate of drug-likeness (QED) is 0.462. The Morgan fingerprint density at radius 3 is 2.47 bits per heavy atom. The van der Waals surface area contributed by atoms with Crippen molar-refractivity contribution in [3.05, 3.63) is 83.1 Å². The predicted octanol–water partition coefficient (Wildman–Crippen LogP) is 3.80. The van der Waals surface area contributed by atoms with E-state index in [0.29, 0.717) is 34.3 Å². The minimum absolute atomic E-state index is 0.0228. The SMILES string of the molecule is COc1ccc(OCC(=O)Oc2ccc3c(c2)OC(N)=C(C#N)C3c2ccc(C)o2)cc1. The Morgan fingerprint density at radius 2 is 1.81 bits per heavy atom. The zero-order valence-electron chi connectivity index (χ0n) is 17.5. The van der Waals surface area contributed by atoms with Crippen LogP contribution in [0, 0.1) is 18.3 Å². The maximum atomic E-state index is 12.2. The van der Waals surface area contributed by atoms with Gasteiger partial charge in [-0.25, -0.2) is 4.79 Å². The molecule has 0 radical (unpaired) electrons. The molecule has 0 amide bonds. The highest BCUT2D eigenvalue weighted by Crippen LogP contribution is 2.43. The summed E-state index contributed by atoms with van der Waals surface area (Å²) >= 11 is 0. The summed E-state index contributed by atoms with van der Waals surface area (Å²) in [5.41, 5.74) is 6.91. The van der Waals surface area contributed by atoms with Gasteiger partial charge in [-0.3, -0.25) is 0 Å². The van der Waals surface area contributed by atoms with Gasteiger partial charge < -0.3 is 29.1 Å². The van der Waals surface area contributed by atoms with Gasteiger partial charge in [0.25, 0.3) is 0 Å². The zero-order chi connectivity index (χ0) is 22.7. The molecule has 1 aromatic heterocycles. The number of aryl methyl sites for hydroxylation is 1. The summed E-state index contributed by atoms with van der Waals surface area (Å²) in [6.07, 6.45) is 0. The summed E-state index contributed by atoms with van der Waals surface area (Å²) in [4.78, 5) is 12.2. The van der Waals surface area contributed by atoms with Gasteiger partial charge in [0.15, 0.2) is 6.61 Å². The van der Waals surface area contributed by atoms with Crippen LogP contribution in [0.1, 0.15) is 23.0 Å². The van der Waals surface area contributed by atoms with Crippen molar-refractivity contribution < 1.29 is 28.2 Å². The highest BCUT2D eigenvalue weighted by molar-refractivity contribution is 5.74. The number of carbonyl (C=O) groups excluding carboxylic acids is 1. The lowest BCUT2D eigenvalue weighted by Crippen LogP contribution is -2.21. The molecule has 0 saturated heterocycles. The van der Waals surface area contributed by atoms with Gasteiger partial charge in [-0.15, -0.1) is 0 Å². The van der Waals surface area contributed by atoms with Crippen LogP contribution in [0.4, 0.5) is 0 Å².